The SMILES string of the molecule is CNc1ncc(F)cc1C(=O)NCCNC(C)=O. The minimum atomic E-state index is -0.582. The van der Waals surface area contributed by atoms with Crippen LogP contribution in [0.5, 0.6) is 0 Å². The number of nitrogens with zero attached hydrogens (tertiary/aromatic N) is 1. The maximum Gasteiger partial charge on any atom is 0.255 e. The molecule has 0 aromatic carbocycles. The second-order valence-electron chi connectivity index (χ2n) is 3.54. The van der Waals surface area contributed by atoms with Gasteiger partial charge in [-0.1, -0.05) is 0 Å². The number of pyridine rings is 1. The molecule has 0 atom stereocenters. The highest BCUT2D eigenvalue weighted by Crippen LogP contribution is 2.12. The number of hydrogen-bond acceptors (Lipinski definition) is 4. The second kappa shape index (κ2) is 6.53. The highest BCUT2D eigenvalue weighted by atomic mass is 19.1. The third-order valence-electron chi connectivity index (χ3n) is 2.12. The zero-order chi connectivity index (χ0) is 13.5. The molecule has 0 fully saturated rings. The Morgan fingerprint density at radius 1 is 1.33 bits per heavy atom. The van der Waals surface area contributed by atoms with Crippen molar-refractivity contribution in [3.8, 4) is 0 Å². The van der Waals surface area contributed by atoms with Crippen LogP contribution in [0.25, 0.3) is 0 Å². The van der Waals surface area contributed by atoms with Crippen molar-refractivity contribution in [2.45, 2.75) is 6.92 Å². The Hall–Kier alpha value is -2.18. The number of aromatic nitrogens is 1. The summed E-state index contributed by atoms with van der Waals surface area (Å²) in [7, 11) is 1.59. The van der Waals surface area contributed by atoms with Crippen LogP contribution in [0.15, 0.2) is 12.3 Å². The molecule has 7 heteroatoms. The number of nitrogens with one attached hydrogen (secondary N) is 3. The van der Waals surface area contributed by atoms with Gasteiger partial charge in [-0.25, -0.2) is 9.37 Å². The van der Waals surface area contributed by atoms with Crippen LogP contribution in [0.3, 0.4) is 0 Å². The molecule has 0 bridgehead atoms. The molecule has 0 radical (unpaired) electrons. The van der Waals surface area contributed by atoms with Crippen LogP contribution in [-0.4, -0.2) is 36.9 Å². The van der Waals surface area contributed by atoms with Gasteiger partial charge >= 0.3 is 0 Å². The molecule has 0 unspecified atom stereocenters. The summed E-state index contributed by atoms with van der Waals surface area (Å²) >= 11 is 0. The maximum absolute atomic E-state index is 13.0. The predicted octanol–water partition coefficient (Wildman–Crippen LogP) is 0.128. The largest absolute Gasteiger partial charge is 0.372 e. The molecule has 1 aromatic heterocycles. The molecule has 0 aliphatic heterocycles. The number of amides is 2. The highest BCUT2D eigenvalue weighted by molar-refractivity contribution is 5.98. The summed E-state index contributed by atoms with van der Waals surface area (Å²) in [5.41, 5.74) is 0.125. The van der Waals surface area contributed by atoms with Crippen LogP contribution in [0, 0.1) is 5.82 Å². The Labute approximate surface area is 104 Å². The number of carbonyl (C=O) groups is 2. The van der Waals surface area contributed by atoms with E-state index in [2.05, 4.69) is 20.9 Å². The highest BCUT2D eigenvalue weighted by Gasteiger charge is 2.12. The van der Waals surface area contributed by atoms with Gasteiger partial charge in [0.05, 0.1) is 11.8 Å². The van der Waals surface area contributed by atoms with Crippen molar-refractivity contribution in [2.75, 3.05) is 25.5 Å². The Morgan fingerprint density at radius 3 is 2.61 bits per heavy atom. The molecule has 18 heavy (non-hydrogen) atoms. The Balaban J connectivity index is 2.60. The Morgan fingerprint density at radius 2 is 2.00 bits per heavy atom. The average molecular weight is 254 g/mol. The first kappa shape index (κ1) is 13.9. The van der Waals surface area contributed by atoms with Crippen LogP contribution < -0.4 is 16.0 Å². The fraction of sp³-hybridized carbons (Fsp3) is 0.364. The third-order valence-corrected chi connectivity index (χ3v) is 2.12. The molecule has 6 nitrogen and oxygen atoms in total. The van der Waals surface area contributed by atoms with E-state index in [9.17, 15) is 14.0 Å². The molecule has 3 N–H and O–H groups in total. The van der Waals surface area contributed by atoms with Gasteiger partial charge in [-0.2, -0.15) is 0 Å². The van der Waals surface area contributed by atoms with E-state index in [0.717, 1.165) is 12.3 Å². The predicted molar refractivity (Wildman–Crippen MR) is 64.8 cm³/mol. The van der Waals surface area contributed by atoms with Gasteiger partial charge in [0.15, 0.2) is 0 Å². The molecule has 0 spiro atoms. The topological polar surface area (TPSA) is 83.1 Å². The quantitative estimate of drug-likeness (QED) is 0.652. The number of rotatable bonds is 5. The minimum Gasteiger partial charge on any atom is -0.372 e. The summed E-state index contributed by atoms with van der Waals surface area (Å²) in [6.45, 7) is 1.97. The monoisotopic (exact) mass is 254 g/mol. The number of hydrogen-bond donors (Lipinski definition) is 3. The summed E-state index contributed by atoms with van der Waals surface area (Å²) in [5.74, 6) is -0.904. The van der Waals surface area contributed by atoms with Gasteiger partial charge in [-0.3, -0.25) is 9.59 Å². The van der Waals surface area contributed by atoms with E-state index in [0.29, 0.717) is 12.4 Å². The van der Waals surface area contributed by atoms with Gasteiger partial charge in [0.2, 0.25) is 5.91 Å². The summed E-state index contributed by atoms with van der Waals surface area (Å²) in [6, 6.07) is 1.10. The average Bonchev–Trinajstić information content (AvgIpc) is 2.34. The molecule has 98 valence electrons. The van der Waals surface area contributed by atoms with Crippen molar-refractivity contribution < 1.29 is 14.0 Å². The smallest absolute Gasteiger partial charge is 0.255 e. The van der Waals surface area contributed by atoms with Gasteiger partial charge in [-0.05, 0) is 6.07 Å². The van der Waals surface area contributed by atoms with Crippen LogP contribution in [-0.2, 0) is 4.79 Å². The first-order valence-corrected chi connectivity index (χ1v) is 5.40. The maximum atomic E-state index is 13.0. The Bertz CT molecular complexity index is 451. The van der Waals surface area contributed by atoms with Gasteiger partial charge < -0.3 is 16.0 Å². The molecule has 0 aliphatic rings. The summed E-state index contributed by atoms with van der Waals surface area (Å²) in [6.07, 6.45) is 1.03. The van der Waals surface area contributed by atoms with Gasteiger partial charge in [0.1, 0.15) is 11.6 Å². The lowest BCUT2D eigenvalue weighted by atomic mass is 10.2. The molecule has 0 aliphatic carbocycles. The molecular formula is C11H15FN4O2. The fourth-order valence-electron chi connectivity index (χ4n) is 1.32. The van der Waals surface area contributed by atoms with Crippen LogP contribution in [0.1, 0.15) is 17.3 Å². The standard InChI is InChI=1S/C11H15FN4O2/c1-7(17)14-3-4-15-11(18)9-5-8(12)6-16-10(9)13-2/h5-6H,3-4H2,1-2H3,(H,13,16)(H,14,17)(H,15,18). The first-order valence-electron chi connectivity index (χ1n) is 5.40. The van der Waals surface area contributed by atoms with Crippen LogP contribution >= 0.6 is 0 Å². The first-order chi connectivity index (χ1) is 8.54. The van der Waals surface area contributed by atoms with Gasteiger partial charge in [0, 0.05) is 27.1 Å². The van der Waals surface area contributed by atoms with E-state index >= 15 is 0 Å². The van der Waals surface area contributed by atoms with Gasteiger partial charge in [-0.15, -0.1) is 0 Å². The summed E-state index contributed by atoms with van der Waals surface area (Å²) in [5, 5.41) is 7.79. The van der Waals surface area contributed by atoms with Crippen LogP contribution in [0.4, 0.5) is 10.2 Å². The van der Waals surface area contributed by atoms with Crippen molar-refractivity contribution in [3.63, 3.8) is 0 Å². The second-order valence-corrected chi connectivity index (χ2v) is 3.54. The molecule has 2 amide bonds. The molecule has 1 rings (SSSR count). The van der Waals surface area contributed by atoms with E-state index < -0.39 is 11.7 Å². The number of halogens is 1. The van der Waals surface area contributed by atoms with Crippen molar-refractivity contribution in [1.29, 1.82) is 0 Å². The minimum absolute atomic E-state index is 0.125. The van der Waals surface area contributed by atoms with E-state index in [-0.39, 0.29) is 18.0 Å². The van der Waals surface area contributed by atoms with E-state index in [1.54, 1.807) is 7.05 Å². The fourth-order valence-corrected chi connectivity index (χ4v) is 1.32. The zero-order valence-electron chi connectivity index (χ0n) is 10.2. The van der Waals surface area contributed by atoms with Crippen LogP contribution in [0.2, 0.25) is 0 Å². The summed E-state index contributed by atoms with van der Waals surface area (Å²) in [4.78, 5) is 26.1. The molecular weight excluding hydrogens is 239 g/mol. The lowest BCUT2D eigenvalue weighted by Crippen LogP contribution is -2.34. The summed E-state index contributed by atoms with van der Waals surface area (Å²) < 4.78 is 13.0. The van der Waals surface area contributed by atoms with E-state index in [1.807, 2.05) is 0 Å². The van der Waals surface area contributed by atoms with Crippen molar-refractivity contribution in [1.82, 2.24) is 15.6 Å². The van der Waals surface area contributed by atoms with Gasteiger partial charge in [0.25, 0.3) is 5.91 Å². The zero-order valence-corrected chi connectivity index (χ0v) is 10.2. The molecule has 1 aromatic rings. The number of anilines is 1. The Kier molecular flexibility index (Phi) is 5.04. The van der Waals surface area contributed by atoms with E-state index in [4.69, 9.17) is 0 Å². The van der Waals surface area contributed by atoms with Crippen molar-refractivity contribution in [3.05, 3.63) is 23.6 Å². The lowest BCUT2D eigenvalue weighted by Gasteiger charge is -2.09. The molecule has 0 saturated heterocycles. The number of carbonyl (C=O) groups excluding carboxylic acids is 2. The molecule has 0 saturated carbocycles. The van der Waals surface area contributed by atoms with E-state index in [1.165, 1.54) is 6.92 Å². The van der Waals surface area contributed by atoms with Crippen molar-refractivity contribution >= 4 is 17.6 Å². The lowest BCUT2D eigenvalue weighted by molar-refractivity contribution is -0.118. The van der Waals surface area contributed by atoms with Crippen molar-refractivity contribution in [2.24, 2.45) is 0 Å². The third kappa shape index (κ3) is 4.00. The normalized spacial score (nSPS) is 9.72. The molecule has 1 heterocycles.